The van der Waals surface area contributed by atoms with Crippen molar-refractivity contribution in [3.05, 3.63) is 56.7 Å². The summed E-state index contributed by atoms with van der Waals surface area (Å²) in [5, 5.41) is 2.57. The number of anilines is 1. The highest BCUT2D eigenvalue weighted by Gasteiger charge is 2.28. The number of pyridine rings is 1. The van der Waals surface area contributed by atoms with Crippen LogP contribution in [0.4, 0.5) is 5.69 Å². The number of aromatic nitrogens is 3. The maximum Gasteiger partial charge on any atom is 0.329 e. The fraction of sp³-hybridized carbons (Fsp3) is 0.429. The topological polar surface area (TPSA) is 116 Å². The predicted molar refractivity (Wildman–Crippen MR) is 114 cm³/mol. The Balaban J connectivity index is 1.25. The summed E-state index contributed by atoms with van der Waals surface area (Å²) in [5.74, 6) is 0.466. The Morgan fingerprint density at radius 1 is 1.23 bits per heavy atom. The van der Waals surface area contributed by atoms with E-state index in [4.69, 9.17) is 4.42 Å². The number of furan rings is 1. The Bertz CT molecular complexity index is 1230. The molecule has 0 bridgehead atoms. The number of hydrogen-bond acceptors (Lipinski definition) is 7. The molecule has 1 aliphatic carbocycles. The molecule has 162 valence electrons. The predicted octanol–water partition coefficient (Wildman–Crippen LogP) is 0.694. The van der Waals surface area contributed by atoms with Gasteiger partial charge in [0.15, 0.2) is 0 Å². The van der Waals surface area contributed by atoms with E-state index in [1.54, 1.807) is 25.4 Å². The molecule has 0 atom stereocenters. The van der Waals surface area contributed by atoms with Gasteiger partial charge in [-0.15, -0.1) is 0 Å². The summed E-state index contributed by atoms with van der Waals surface area (Å²) in [7, 11) is 1.58. The number of fused-ring (bicyclic) bond motifs is 1. The first-order valence-corrected chi connectivity index (χ1v) is 10.5. The fourth-order valence-corrected chi connectivity index (χ4v) is 4.03. The molecule has 1 aliphatic heterocycles. The summed E-state index contributed by atoms with van der Waals surface area (Å²) < 4.78 is 7.10. The van der Waals surface area contributed by atoms with Crippen molar-refractivity contribution < 1.29 is 9.21 Å². The van der Waals surface area contributed by atoms with Gasteiger partial charge in [0, 0.05) is 45.3 Å². The highest BCUT2D eigenvalue weighted by molar-refractivity contribution is 5.92. The summed E-state index contributed by atoms with van der Waals surface area (Å²) in [5.41, 5.74) is 1.36. The average molecular weight is 424 g/mol. The van der Waals surface area contributed by atoms with Crippen LogP contribution in [0.1, 0.15) is 35.1 Å². The number of nitrogens with one attached hydrogen (secondary N) is 2. The maximum atomic E-state index is 12.6. The minimum Gasteiger partial charge on any atom is -0.452 e. The Hall–Kier alpha value is -3.40. The van der Waals surface area contributed by atoms with Crippen molar-refractivity contribution >= 4 is 22.7 Å². The third-order valence-electron chi connectivity index (χ3n) is 5.89. The van der Waals surface area contributed by atoms with Gasteiger partial charge in [0.05, 0.1) is 23.9 Å². The first kappa shape index (κ1) is 19.6. The summed E-state index contributed by atoms with van der Waals surface area (Å²) in [4.78, 5) is 47.9. The van der Waals surface area contributed by atoms with Crippen molar-refractivity contribution in [3.8, 4) is 0 Å². The van der Waals surface area contributed by atoms with E-state index in [0.29, 0.717) is 23.5 Å². The van der Waals surface area contributed by atoms with E-state index in [-0.39, 0.29) is 28.8 Å². The molecule has 0 aromatic carbocycles. The second-order valence-electron chi connectivity index (χ2n) is 8.04. The largest absolute Gasteiger partial charge is 0.452 e. The molecular weight excluding hydrogens is 400 g/mol. The molecule has 10 nitrogen and oxygen atoms in total. The smallest absolute Gasteiger partial charge is 0.329 e. The van der Waals surface area contributed by atoms with Gasteiger partial charge in [-0.1, -0.05) is 0 Å². The maximum absolute atomic E-state index is 12.6. The Labute approximate surface area is 177 Å². The molecule has 2 fully saturated rings. The van der Waals surface area contributed by atoms with Crippen molar-refractivity contribution in [2.75, 3.05) is 38.1 Å². The summed E-state index contributed by atoms with van der Waals surface area (Å²) >= 11 is 0. The van der Waals surface area contributed by atoms with Crippen molar-refractivity contribution in [3.63, 3.8) is 0 Å². The number of H-pyrrole nitrogens is 1. The SMILES string of the molecule is CNC(=O)c1ccc(N2CCN(Cc3cc4[nH]c(=O)n(C5CC5)c(=O)c4o3)CC2)cn1. The first-order valence-electron chi connectivity index (χ1n) is 10.5. The van der Waals surface area contributed by atoms with Crippen LogP contribution in [0.25, 0.3) is 11.1 Å². The molecule has 0 radical (unpaired) electrons. The highest BCUT2D eigenvalue weighted by atomic mass is 16.3. The van der Waals surface area contributed by atoms with Gasteiger partial charge in [0.2, 0.25) is 5.58 Å². The molecule has 0 spiro atoms. The Kier molecular flexibility index (Phi) is 4.85. The molecule has 3 aromatic heterocycles. The normalized spacial score (nSPS) is 17.3. The van der Waals surface area contributed by atoms with Gasteiger partial charge >= 0.3 is 5.69 Å². The van der Waals surface area contributed by atoms with Crippen LogP contribution < -0.4 is 21.5 Å². The van der Waals surface area contributed by atoms with Gasteiger partial charge in [-0.2, -0.15) is 0 Å². The van der Waals surface area contributed by atoms with E-state index < -0.39 is 0 Å². The number of carbonyl (C=O) groups excluding carboxylic acids is 1. The highest BCUT2D eigenvalue weighted by Crippen LogP contribution is 2.32. The molecule has 1 saturated carbocycles. The van der Waals surface area contributed by atoms with Crippen molar-refractivity contribution in [1.29, 1.82) is 0 Å². The van der Waals surface area contributed by atoms with Crippen LogP contribution in [0.15, 0.2) is 38.4 Å². The van der Waals surface area contributed by atoms with Crippen molar-refractivity contribution in [1.82, 2.24) is 24.8 Å². The lowest BCUT2D eigenvalue weighted by atomic mass is 10.2. The number of rotatable bonds is 5. The van der Waals surface area contributed by atoms with Gasteiger partial charge in [-0.3, -0.25) is 19.1 Å². The van der Waals surface area contributed by atoms with Crippen LogP contribution in [-0.2, 0) is 6.54 Å². The zero-order valence-electron chi connectivity index (χ0n) is 17.3. The van der Waals surface area contributed by atoms with Crippen LogP contribution in [0.3, 0.4) is 0 Å². The molecular formula is C21H24N6O4. The van der Waals surface area contributed by atoms with Gasteiger partial charge < -0.3 is 19.6 Å². The third-order valence-corrected chi connectivity index (χ3v) is 5.89. The molecule has 3 aromatic rings. The summed E-state index contributed by atoms with van der Waals surface area (Å²) in [6.45, 7) is 3.83. The number of aromatic amines is 1. The zero-order valence-corrected chi connectivity index (χ0v) is 17.3. The van der Waals surface area contributed by atoms with Crippen LogP contribution >= 0.6 is 0 Å². The van der Waals surface area contributed by atoms with E-state index in [9.17, 15) is 14.4 Å². The first-order chi connectivity index (χ1) is 15.0. The summed E-state index contributed by atoms with van der Waals surface area (Å²) in [6, 6.07) is 5.39. The quantitative estimate of drug-likeness (QED) is 0.619. The summed E-state index contributed by atoms with van der Waals surface area (Å²) in [6.07, 6.45) is 3.44. The average Bonchev–Trinajstić information content (AvgIpc) is 3.53. The van der Waals surface area contributed by atoms with Gasteiger partial charge in [0.1, 0.15) is 11.5 Å². The van der Waals surface area contributed by atoms with Crippen LogP contribution in [0.5, 0.6) is 0 Å². The number of hydrogen-bond donors (Lipinski definition) is 2. The van der Waals surface area contributed by atoms with E-state index in [1.807, 2.05) is 6.07 Å². The number of carbonyl (C=O) groups is 1. The minimum absolute atomic E-state index is 0.00203. The standard InChI is InChI=1S/C21H24N6O4/c1-22-19(28)16-5-4-14(11-23-16)26-8-6-25(7-9-26)12-15-10-17-18(31-15)20(29)27(13-2-3-13)21(30)24-17/h4-5,10-11,13H,2-3,6-9,12H2,1H3,(H,22,28)(H,24,30). The molecule has 31 heavy (non-hydrogen) atoms. The van der Waals surface area contributed by atoms with E-state index in [0.717, 1.165) is 44.7 Å². The Morgan fingerprint density at radius 3 is 2.65 bits per heavy atom. The lowest BCUT2D eigenvalue weighted by molar-refractivity contribution is 0.0958. The molecule has 0 unspecified atom stereocenters. The number of amides is 1. The minimum atomic E-state index is -0.364. The van der Waals surface area contributed by atoms with Gasteiger partial charge in [-0.05, 0) is 25.0 Å². The lowest BCUT2D eigenvalue weighted by Gasteiger charge is -2.35. The number of nitrogens with zero attached hydrogens (tertiary/aromatic N) is 4. The molecule has 4 heterocycles. The molecule has 2 aliphatic rings. The van der Waals surface area contributed by atoms with Gasteiger partial charge in [0.25, 0.3) is 11.5 Å². The van der Waals surface area contributed by atoms with Crippen LogP contribution in [0, 0.1) is 0 Å². The molecule has 1 saturated heterocycles. The number of piperazine rings is 1. The van der Waals surface area contributed by atoms with Crippen LogP contribution in [0.2, 0.25) is 0 Å². The van der Waals surface area contributed by atoms with E-state index >= 15 is 0 Å². The lowest BCUT2D eigenvalue weighted by Crippen LogP contribution is -2.46. The van der Waals surface area contributed by atoms with Crippen molar-refractivity contribution in [2.45, 2.75) is 25.4 Å². The van der Waals surface area contributed by atoms with Crippen molar-refractivity contribution in [2.24, 2.45) is 0 Å². The van der Waals surface area contributed by atoms with E-state index in [2.05, 4.69) is 25.1 Å². The van der Waals surface area contributed by atoms with Gasteiger partial charge in [-0.25, -0.2) is 9.78 Å². The fourth-order valence-electron chi connectivity index (χ4n) is 4.03. The molecule has 10 heteroatoms. The third kappa shape index (κ3) is 3.74. The molecule has 1 amide bonds. The zero-order chi connectivity index (χ0) is 21.5. The van der Waals surface area contributed by atoms with Crippen LogP contribution in [-0.4, -0.2) is 58.6 Å². The Morgan fingerprint density at radius 2 is 2.00 bits per heavy atom. The second-order valence-corrected chi connectivity index (χ2v) is 8.04. The monoisotopic (exact) mass is 424 g/mol. The second kappa shape index (κ2) is 7.69. The molecule has 2 N–H and O–H groups in total. The van der Waals surface area contributed by atoms with E-state index in [1.165, 1.54) is 4.57 Å². The molecule has 5 rings (SSSR count).